The molecule has 1 rings (SSSR count). The van der Waals surface area contributed by atoms with E-state index >= 15 is 0 Å². The van der Waals surface area contributed by atoms with Crippen LogP contribution >= 0.6 is 0 Å². The van der Waals surface area contributed by atoms with Crippen LogP contribution in [0.5, 0.6) is 5.75 Å². The number of nitrogens with one attached hydrogen (secondary N) is 2. The summed E-state index contributed by atoms with van der Waals surface area (Å²) >= 11 is 0. The molecule has 0 spiro atoms. The molecule has 0 aromatic heterocycles. The van der Waals surface area contributed by atoms with Gasteiger partial charge >= 0.3 is 12.0 Å². The van der Waals surface area contributed by atoms with Gasteiger partial charge in [0.05, 0.1) is 7.11 Å². The molecule has 114 valence electrons. The third kappa shape index (κ3) is 5.81. The van der Waals surface area contributed by atoms with Crippen molar-refractivity contribution in [2.75, 3.05) is 12.4 Å². The molecule has 0 aliphatic rings. The highest BCUT2D eigenvalue weighted by Crippen LogP contribution is 2.16. The molecule has 0 saturated carbocycles. The lowest BCUT2D eigenvalue weighted by molar-refractivity contribution is -0.139. The maximum Gasteiger partial charge on any atom is 0.326 e. The second kappa shape index (κ2) is 7.73. The monoisotopic (exact) mass is 295 g/mol. The van der Waals surface area contributed by atoms with Crippen LogP contribution in [0, 0.1) is 0 Å². The molecule has 0 saturated heterocycles. The van der Waals surface area contributed by atoms with Gasteiger partial charge in [0.15, 0.2) is 0 Å². The van der Waals surface area contributed by atoms with E-state index < -0.39 is 23.9 Å². The molecule has 3 amide bonds. The lowest BCUT2D eigenvalue weighted by atomic mass is 10.1. The van der Waals surface area contributed by atoms with E-state index in [0.717, 1.165) is 0 Å². The average Bonchev–Trinajstić information content (AvgIpc) is 2.43. The summed E-state index contributed by atoms with van der Waals surface area (Å²) in [5.41, 5.74) is 5.40. The second-order valence-corrected chi connectivity index (χ2v) is 4.23. The third-order valence-electron chi connectivity index (χ3n) is 2.61. The van der Waals surface area contributed by atoms with Crippen LogP contribution in [0.1, 0.15) is 12.8 Å². The molecule has 0 fully saturated rings. The first-order valence-corrected chi connectivity index (χ1v) is 6.15. The molecular formula is C13H17N3O5. The first-order chi connectivity index (χ1) is 9.92. The van der Waals surface area contributed by atoms with E-state index in [1.54, 1.807) is 24.3 Å². The largest absolute Gasteiger partial charge is 0.497 e. The van der Waals surface area contributed by atoms with Crippen molar-refractivity contribution in [3.8, 4) is 5.75 Å². The summed E-state index contributed by atoms with van der Waals surface area (Å²) in [5, 5.41) is 13.7. The molecule has 5 N–H and O–H groups in total. The Morgan fingerprint density at radius 1 is 1.38 bits per heavy atom. The zero-order valence-electron chi connectivity index (χ0n) is 11.5. The highest BCUT2D eigenvalue weighted by molar-refractivity contribution is 5.92. The van der Waals surface area contributed by atoms with E-state index in [0.29, 0.717) is 11.4 Å². The van der Waals surface area contributed by atoms with Gasteiger partial charge in [-0.2, -0.15) is 0 Å². The lowest BCUT2D eigenvalue weighted by Crippen LogP contribution is -2.43. The normalized spacial score (nSPS) is 11.3. The molecule has 8 heteroatoms. The van der Waals surface area contributed by atoms with Gasteiger partial charge in [-0.25, -0.2) is 9.59 Å². The Kier molecular flexibility index (Phi) is 5.99. The topological polar surface area (TPSA) is 131 Å². The fourth-order valence-corrected chi connectivity index (χ4v) is 1.57. The van der Waals surface area contributed by atoms with Gasteiger partial charge in [-0.15, -0.1) is 0 Å². The van der Waals surface area contributed by atoms with Gasteiger partial charge in [0.2, 0.25) is 5.91 Å². The second-order valence-electron chi connectivity index (χ2n) is 4.23. The number of carboxylic acids is 1. The summed E-state index contributed by atoms with van der Waals surface area (Å²) in [6, 6.07) is 4.70. The Bertz CT molecular complexity index is 532. The molecule has 1 atom stereocenters. The number of aliphatic carboxylic acids is 1. The summed E-state index contributed by atoms with van der Waals surface area (Å²) in [7, 11) is 1.49. The van der Waals surface area contributed by atoms with Gasteiger partial charge in [-0.3, -0.25) is 4.79 Å². The van der Waals surface area contributed by atoms with Crippen molar-refractivity contribution < 1.29 is 24.2 Å². The smallest absolute Gasteiger partial charge is 0.326 e. The Hall–Kier alpha value is -2.77. The predicted octanol–water partition coefficient (Wildman–Crippen LogP) is 0.535. The van der Waals surface area contributed by atoms with Crippen molar-refractivity contribution in [3.05, 3.63) is 24.3 Å². The quantitative estimate of drug-likeness (QED) is 0.583. The highest BCUT2D eigenvalue weighted by Gasteiger charge is 2.20. The molecule has 0 aliphatic carbocycles. The maximum atomic E-state index is 11.7. The third-order valence-corrected chi connectivity index (χ3v) is 2.61. The van der Waals surface area contributed by atoms with Gasteiger partial charge in [-0.1, -0.05) is 6.07 Å². The van der Waals surface area contributed by atoms with Crippen molar-refractivity contribution in [1.82, 2.24) is 5.32 Å². The zero-order valence-corrected chi connectivity index (χ0v) is 11.5. The average molecular weight is 295 g/mol. The van der Waals surface area contributed by atoms with E-state index in [-0.39, 0.29) is 12.8 Å². The van der Waals surface area contributed by atoms with Crippen LogP contribution < -0.4 is 21.1 Å². The fraction of sp³-hybridized carbons (Fsp3) is 0.308. The number of methoxy groups -OCH3 is 1. The number of hydrogen-bond donors (Lipinski definition) is 4. The van der Waals surface area contributed by atoms with Crippen molar-refractivity contribution in [1.29, 1.82) is 0 Å². The first kappa shape index (κ1) is 16.3. The number of urea groups is 1. The number of carbonyl (C=O) groups is 3. The number of hydrogen-bond acceptors (Lipinski definition) is 4. The Labute approximate surface area is 121 Å². The summed E-state index contributed by atoms with van der Waals surface area (Å²) in [6.45, 7) is 0. The number of rotatable bonds is 7. The number of nitrogens with two attached hydrogens (primary N) is 1. The lowest BCUT2D eigenvalue weighted by Gasteiger charge is -2.14. The van der Waals surface area contributed by atoms with Gasteiger partial charge in [-0.05, 0) is 18.6 Å². The van der Waals surface area contributed by atoms with Gasteiger partial charge < -0.3 is 26.2 Å². The molecule has 0 radical (unpaired) electrons. The summed E-state index contributed by atoms with van der Waals surface area (Å²) in [6.07, 6.45) is -0.202. The number of anilines is 1. The minimum atomic E-state index is -1.24. The standard InChI is InChI=1S/C13H17N3O5/c1-21-9-4-2-3-8(7-9)15-13(20)16-10(12(18)19)5-6-11(14)17/h2-4,7,10H,5-6H2,1H3,(H2,14,17)(H,18,19)(H2,15,16,20). The summed E-state index contributed by atoms with van der Waals surface area (Å²) in [5.74, 6) is -1.32. The van der Waals surface area contributed by atoms with Crippen LogP contribution in [-0.4, -0.2) is 36.2 Å². The minimum absolute atomic E-state index is 0.0732. The predicted molar refractivity (Wildman–Crippen MR) is 75.0 cm³/mol. The molecule has 8 nitrogen and oxygen atoms in total. The van der Waals surface area contributed by atoms with E-state index in [9.17, 15) is 14.4 Å². The number of benzene rings is 1. The number of amides is 3. The van der Waals surface area contributed by atoms with E-state index in [1.165, 1.54) is 7.11 Å². The van der Waals surface area contributed by atoms with Gasteiger partial charge in [0.25, 0.3) is 0 Å². The van der Waals surface area contributed by atoms with Crippen LogP contribution in [0.3, 0.4) is 0 Å². The number of primary amides is 1. The van der Waals surface area contributed by atoms with Crippen LogP contribution in [-0.2, 0) is 9.59 Å². The van der Waals surface area contributed by atoms with Gasteiger partial charge in [0.1, 0.15) is 11.8 Å². The minimum Gasteiger partial charge on any atom is -0.497 e. The highest BCUT2D eigenvalue weighted by atomic mass is 16.5. The molecule has 21 heavy (non-hydrogen) atoms. The number of ether oxygens (including phenoxy) is 1. The van der Waals surface area contributed by atoms with Crippen molar-refractivity contribution in [3.63, 3.8) is 0 Å². The molecule has 0 heterocycles. The van der Waals surface area contributed by atoms with Crippen LogP contribution in [0.2, 0.25) is 0 Å². The summed E-state index contributed by atoms with van der Waals surface area (Å²) in [4.78, 5) is 33.4. The molecule has 1 aromatic rings. The molecule has 0 bridgehead atoms. The Balaban J connectivity index is 2.60. The Morgan fingerprint density at radius 3 is 2.67 bits per heavy atom. The van der Waals surface area contributed by atoms with Crippen molar-refractivity contribution >= 4 is 23.6 Å². The molecular weight excluding hydrogens is 278 g/mol. The maximum absolute atomic E-state index is 11.7. The zero-order chi connectivity index (χ0) is 15.8. The van der Waals surface area contributed by atoms with Crippen molar-refractivity contribution in [2.45, 2.75) is 18.9 Å². The Morgan fingerprint density at radius 2 is 2.10 bits per heavy atom. The first-order valence-electron chi connectivity index (χ1n) is 6.15. The SMILES string of the molecule is COc1cccc(NC(=O)NC(CCC(N)=O)C(=O)O)c1. The van der Waals surface area contributed by atoms with Crippen LogP contribution in [0.4, 0.5) is 10.5 Å². The van der Waals surface area contributed by atoms with Crippen LogP contribution in [0.15, 0.2) is 24.3 Å². The molecule has 1 unspecified atom stereocenters. The number of carbonyl (C=O) groups excluding carboxylic acids is 2. The van der Waals surface area contributed by atoms with E-state index in [2.05, 4.69) is 10.6 Å². The fourth-order valence-electron chi connectivity index (χ4n) is 1.57. The van der Waals surface area contributed by atoms with E-state index in [1.807, 2.05) is 0 Å². The van der Waals surface area contributed by atoms with Gasteiger partial charge in [0, 0.05) is 18.2 Å². The van der Waals surface area contributed by atoms with Crippen molar-refractivity contribution in [2.24, 2.45) is 5.73 Å². The van der Waals surface area contributed by atoms with E-state index in [4.69, 9.17) is 15.6 Å². The molecule has 1 aromatic carbocycles. The number of carboxylic acid groups (broad SMARTS) is 1. The molecule has 0 aliphatic heterocycles. The summed E-state index contributed by atoms with van der Waals surface area (Å²) < 4.78 is 5.00. The van der Waals surface area contributed by atoms with Crippen LogP contribution in [0.25, 0.3) is 0 Å².